The molecule has 1 fully saturated rings. The molecule has 1 aromatic rings. The van der Waals surface area contributed by atoms with Crippen LogP contribution in [0.3, 0.4) is 0 Å². The SMILES string of the molecule is Cc1c(Cl)cccc1NC(=O)CN1CCC(CC(F)(F)F)C1. The van der Waals surface area contributed by atoms with E-state index < -0.39 is 18.5 Å². The summed E-state index contributed by atoms with van der Waals surface area (Å²) >= 11 is 5.98. The summed E-state index contributed by atoms with van der Waals surface area (Å²) in [7, 11) is 0. The van der Waals surface area contributed by atoms with Gasteiger partial charge in [-0.25, -0.2) is 0 Å². The Bertz CT molecular complexity index is 548. The molecule has 1 saturated heterocycles. The number of rotatable bonds is 4. The van der Waals surface area contributed by atoms with Gasteiger partial charge in [0.05, 0.1) is 6.54 Å². The highest BCUT2D eigenvalue weighted by atomic mass is 35.5. The number of alkyl halides is 3. The molecule has 0 radical (unpaired) electrons. The topological polar surface area (TPSA) is 32.3 Å². The minimum atomic E-state index is -4.14. The van der Waals surface area contributed by atoms with Crippen LogP contribution in [0.1, 0.15) is 18.4 Å². The number of amides is 1. The first kappa shape index (κ1) is 17.1. The minimum absolute atomic E-state index is 0.0975. The highest BCUT2D eigenvalue weighted by Crippen LogP contribution is 2.30. The third kappa shape index (κ3) is 4.88. The van der Waals surface area contributed by atoms with Crippen molar-refractivity contribution in [2.24, 2.45) is 5.92 Å². The van der Waals surface area contributed by atoms with Gasteiger partial charge in [0.25, 0.3) is 0 Å². The highest BCUT2D eigenvalue weighted by Gasteiger charge is 2.35. The van der Waals surface area contributed by atoms with Crippen molar-refractivity contribution < 1.29 is 18.0 Å². The summed E-state index contributed by atoms with van der Waals surface area (Å²) in [6.45, 7) is 2.72. The van der Waals surface area contributed by atoms with Gasteiger partial charge in [-0.05, 0) is 43.5 Å². The molecule has 22 heavy (non-hydrogen) atoms. The van der Waals surface area contributed by atoms with Crippen molar-refractivity contribution in [1.29, 1.82) is 0 Å². The summed E-state index contributed by atoms with van der Waals surface area (Å²) in [5, 5.41) is 3.31. The van der Waals surface area contributed by atoms with E-state index in [0.717, 1.165) is 5.56 Å². The Kier molecular flexibility index (Phi) is 5.34. The molecule has 1 aliphatic heterocycles. The summed E-state index contributed by atoms with van der Waals surface area (Å²) in [6, 6.07) is 5.21. The van der Waals surface area contributed by atoms with Gasteiger partial charge in [-0.1, -0.05) is 17.7 Å². The van der Waals surface area contributed by atoms with Crippen LogP contribution < -0.4 is 5.32 Å². The van der Waals surface area contributed by atoms with E-state index in [1.54, 1.807) is 30.0 Å². The van der Waals surface area contributed by atoms with Gasteiger partial charge in [0, 0.05) is 23.7 Å². The monoisotopic (exact) mass is 334 g/mol. The Balaban J connectivity index is 1.84. The maximum atomic E-state index is 12.4. The lowest BCUT2D eigenvalue weighted by Gasteiger charge is -2.17. The van der Waals surface area contributed by atoms with Gasteiger partial charge in [0.1, 0.15) is 0 Å². The van der Waals surface area contributed by atoms with E-state index in [4.69, 9.17) is 11.6 Å². The molecule has 0 aliphatic carbocycles. The molecule has 1 aromatic carbocycles. The van der Waals surface area contributed by atoms with Crippen molar-refractivity contribution in [2.45, 2.75) is 25.9 Å². The fourth-order valence-electron chi connectivity index (χ4n) is 2.69. The molecule has 0 bridgehead atoms. The Hall–Kier alpha value is -1.27. The summed E-state index contributed by atoms with van der Waals surface area (Å²) in [5.41, 5.74) is 1.40. The molecule has 7 heteroatoms. The second-order valence-corrected chi connectivity index (χ2v) is 6.08. The minimum Gasteiger partial charge on any atom is -0.325 e. The first-order valence-electron chi connectivity index (χ1n) is 7.08. The molecular weight excluding hydrogens is 317 g/mol. The van der Waals surface area contributed by atoms with Crippen molar-refractivity contribution in [3.05, 3.63) is 28.8 Å². The van der Waals surface area contributed by atoms with Crippen LogP contribution in [-0.2, 0) is 4.79 Å². The number of likely N-dealkylation sites (tertiary alicyclic amines) is 1. The van der Waals surface area contributed by atoms with Gasteiger partial charge in [0.15, 0.2) is 0 Å². The standard InChI is InChI=1S/C15H18ClF3N2O/c1-10-12(16)3-2-4-13(10)20-14(22)9-21-6-5-11(8-21)7-15(17,18)19/h2-4,11H,5-9H2,1H3,(H,20,22). The Morgan fingerprint density at radius 3 is 2.86 bits per heavy atom. The number of carbonyl (C=O) groups excluding carboxylic acids is 1. The van der Waals surface area contributed by atoms with Crippen LogP contribution in [0.5, 0.6) is 0 Å². The predicted molar refractivity (Wildman–Crippen MR) is 80.0 cm³/mol. The number of nitrogens with one attached hydrogen (secondary N) is 1. The predicted octanol–water partition coefficient (Wildman–Crippen LogP) is 3.86. The van der Waals surface area contributed by atoms with Gasteiger partial charge < -0.3 is 5.32 Å². The van der Waals surface area contributed by atoms with E-state index in [0.29, 0.717) is 30.2 Å². The Morgan fingerprint density at radius 2 is 2.18 bits per heavy atom. The van der Waals surface area contributed by atoms with Gasteiger partial charge in [-0.2, -0.15) is 13.2 Å². The van der Waals surface area contributed by atoms with Crippen molar-refractivity contribution in [1.82, 2.24) is 4.90 Å². The first-order valence-corrected chi connectivity index (χ1v) is 7.46. The molecule has 3 nitrogen and oxygen atoms in total. The third-order valence-electron chi connectivity index (χ3n) is 3.80. The molecule has 1 heterocycles. The van der Waals surface area contributed by atoms with Crippen LogP contribution in [0.2, 0.25) is 5.02 Å². The lowest BCUT2D eigenvalue weighted by Crippen LogP contribution is -2.32. The van der Waals surface area contributed by atoms with Gasteiger partial charge in [-0.3, -0.25) is 9.69 Å². The molecule has 1 unspecified atom stereocenters. The van der Waals surface area contributed by atoms with Crippen molar-refractivity contribution in [3.63, 3.8) is 0 Å². The Labute approximate surface area is 132 Å². The van der Waals surface area contributed by atoms with Crippen molar-refractivity contribution in [2.75, 3.05) is 25.0 Å². The van der Waals surface area contributed by atoms with E-state index in [1.807, 2.05) is 0 Å². The number of benzene rings is 1. The first-order chi connectivity index (χ1) is 10.2. The number of hydrogen-bond donors (Lipinski definition) is 1. The van der Waals surface area contributed by atoms with Crippen LogP contribution in [0.4, 0.5) is 18.9 Å². The van der Waals surface area contributed by atoms with Crippen LogP contribution in [0.25, 0.3) is 0 Å². The van der Waals surface area contributed by atoms with Gasteiger partial charge in [0.2, 0.25) is 5.91 Å². The lowest BCUT2D eigenvalue weighted by molar-refractivity contribution is -0.143. The van der Waals surface area contributed by atoms with E-state index in [2.05, 4.69) is 5.32 Å². The third-order valence-corrected chi connectivity index (χ3v) is 4.21. The summed E-state index contributed by atoms with van der Waals surface area (Å²) < 4.78 is 37.1. The summed E-state index contributed by atoms with van der Waals surface area (Å²) in [6.07, 6.45) is -4.44. The maximum Gasteiger partial charge on any atom is 0.389 e. The van der Waals surface area contributed by atoms with E-state index in [1.165, 1.54) is 0 Å². The molecule has 0 saturated carbocycles. The maximum absolute atomic E-state index is 12.4. The largest absolute Gasteiger partial charge is 0.389 e. The van der Waals surface area contributed by atoms with E-state index >= 15 is 0 Å². The second kappa shape index (κ2) is 6.87. The second-order valence-electron chi connectivity index (χ2n) is 5.67. The molecule has 0 spiro atoms. The highest BCUT2D eigenvalue weighted by molar-refractivity contribution is 6.31. The molecule has 1 N–H and O–H groups in total. The number of carbonyl (C=O) groups is 1. The lowest BCUT2D eigenvalue weighted by atomic mass is 10.1. The number of halogens is 4. The normalized spacial score (nSPS) is 19.4. The van der Waals surface area contributed by atoms with Crippen molar-refractivity contribution >= 4 is 23.2 Å². The van der Waals surface area contributed by atoms with Crippen LogP contribution >= 0.6 is 11.6 Å². The summed E-state index contributed by atoms with van der Waals surface area (Å²) in [4.78, 5) is 13.8. The van der Waals surface area contributed by atoms with E-state index in [9.17, 15) is 18.0 Å². The molecule has 122 valence electrons. The molecule has 1 atom stereocenters. The van der Waals surface area contributed by atoms with Crippen LogP contribution in [0, 0.1) is 12.8 Å². The smallest absolute Gasteiger partial charge is 0.325 e. The van der Waals surface area contributed by atoms with Crippen LogP contribution in [0.15, 0.2) is 18.2 Å². The average molecular weight is 335 g/mol. The molecule has 1 amide bonds. The molecule has 1 aliphatic rings. The number of anilines is 1. The molecule has 0 aromatic heterocycles. The number of nitrogens with zero attached hydrogens (tertiary/aromatic N) is 1. The Morgan fingerprint density at radius 1 is 1.45 bits per heavy atom. The fourth-order valence-corrected chi connectivity index (χ4v) is 2.86. The quantitative estimate of drug-likeness (QED) is 0.906. The summed E-state index contributed by atoms with van der Waals surface area (Å²) in [5.74, 6) is -0.654. The van der Waals surface area contributed by atoms with Crippen molar-refractivity contribution in [3.8, 4) is 0 Å². The average Bonchev–Trinajstić information content (AvgIpc) is 2.79. The number of hydrogen-bond acceptors (Lipinski definition) is 2. The molecular formula is C15H18ClF3N2O. The zero-order valence-electron chi connectivity index (χ0n) is 12.2. The molecule has 2 rings (SSSR count). The van der Waals surface area contributed by atoms with Gasteiger partial charge in [-0.15, -0.1) is 0 Å². The zero-order valence-corrected chi connectivity index (χ0v) is 13.0. The van der Waals surface area contributed by atoms with Gasteiger partial charge >= 0.3 is 6.18 Å². The van der Waals surface area contributed by atoms with Crippen LogP contribution in [-0.4, -0.2) is 36.6 Å². The fraction of sp³-hybridized carbons (Fsp3) is 0.533. The van der Waals surface area contributed by atoms with E-state index in [-0.39, 0.29) is 12.5 Å². The zero-order chi connectivity index (χ0) is 16.3.